The van der Waals surface area contributed by atoms with Crippen LogP contribution in [-0.4, -0.2) is 10.3 Å². The van der Waals surface area contributed by atoms with Gasteiger partial charge in [-0.3, -0.25) is 0 Å². The lowest BCUT2D eigenvalue weighted by atomic mass is 10.1. The average molecular weight is 208 g/mol. The molecule has 0 radical (unpaired) electrons. The molecule has 15 heavy (non-hydrogen) atoms. The number of aliphatic hydroxyl groups is 1. The zero-order valence-corrected chi connectivity index (χ0v) is 7.77. The van der Waals surface area contributed by atoms with Gasteiger partial charge < -0.3 is 15.4 Å². The van der Waals surface area contributed by atoms with Crippen LogP contribution < -0.4 is 5.73 Å². The highest BCUT2D eigenvalue weighted by atomic mass is 19.1. The summed E-state index contributed by atoms with van der Waals surface area (Å²) in [5, 5.41) is 12.4. The summed E-state index contributed by atoms with van der Waals surface area (Å²) in [5.41, 5.74) is 6.75. The van der Waals surface area contributed by atoms with Crippen molar-refractivity contribution in [3.05, 3.63) is 35.8 Å². The van der Waals surface area contributed by atoms with Crippen LogP contribution in [0.2, 0.25) is 0 Å². The van der Waals surface area contributed by atoms with Gasteiger partial charge in [0.15, 0.2) is 0 Å². The first-order chi connectivity index (χ1) is 7.22. The van der Waals surface area contributed by atoms with Crippen LogP contribution >= 0.6 is 0 Å². The Kier molecular flexibility index (Phi) is 2.39. The Hall–Kier alpha value is -1.88. The van der Waals surface area contributed by atoms with Crippen LogP contribution in [0.15, 0.2) is 28.9 Å². The zero-order valence-electron chi connectivity index (χ0n) is 7.77. The third-order valence-corrected chi connectivity index (χ3v) is 2.10. The molecule has 2 aromatic rings. The van der Waals surface area contributed by atoms with Crippen molar-refractivity contribution in [1.82, 2.24) is 5.16 Å². The van der Waals surface area contributed by atoms with Crippen molar-refractivity contribution in [2.75, 3.05) is 5.73 Å². The Balaban J connectivity index is 2.56. The van der Waals surface area contributed by atoms with Crippen LogP contribution in [0.25, 0.3) is 11.1 Å². The number of benzene rings is 1. The van der Waals surface area contributed by atoms with E-state index in [0.29, 0.717) is 11.1 Å². The smallest absolute Gasteiger partial charge is 0.230 e. The van der Waals surface area contributed by atoms with E-state index in [0.717, 1.165) is 0 Å². The van der Waals surface area contributed by atoms with Gasteiger partial charge in [0.1, 0.15) is 5.82 Å². The van der Waals surface area contributed by atoms with Crippen molar-refractivity contribution in [3.63, 3.8) is 0 Å². The van der Waals surface area contributed by atoms with Crippen molar-refractivity contribution in [1.29, 1.82) is 0 Å². The molecular formula is C10H9FN2O2. The summed E-state index contributed by atoms with van der Waals surface area (Å²) in [7, 11) is 0. The van der Waals surface area contributed by atoms with Crippen molar-refractivity contribution in [2.45, 2.75) is 6.61 Å². The summed E-state index contributed by atoms with van der Waals surface area (Å²) in [5.74, 6) is -0.369. The van der Waals surface area contributed by atoms with E-state index >= 15 is 0 Å². The molecule has 0 aliphatic heterocycles. The minimum atomic E-state index is -0.429. The molecule has 4 nitrogen and oxygen atoms in total. The van der Waals surface area contributed by atoms with Gasteiger partial charge in [0.25, 0.3) is 0 Å². The number of aromatic nitrogens is 1. The maximum Gasteiger partial charge on any atom is 0.230 e. The van der Waals surface area contributed by atoms with Crippen LogP contribution in [0.4, 0.5) is 10.3 Å². The standard InChI is InChI=1S/C10H9FN2O2/c11-9-2-1-6(5-14)3-7(9)8-4-13-15-10(8)12/h1-4,14H,5,12H2. The third-order valence-electron chi connectivity index (χ3n) is 2.10. The highest BCUT2D eigenvalue weighted by molar-refractivity contribution is 5.72. The first-order valence-electron chi connectivity index (χ1n) is 4.32. The fourth-order valence-electron chi connectivity index (χ4n) is 1.33. The average Bonchev–Trinajstić information content (AvgIpc) is 2.65. The monoisotopic (exact) mass is 208 g/mol. The number of aliphatic hydroxyl groups excluding tert-OH is 1. The van der Waals surface area contributed by atoms with Gasteiger partial charge in [0, 0.05) is 5.56 Å². The van der Waals surface area contributed by atoms with Gasteiger partial charge in [-0.05, 0) is 17.7 Å². The summed E-state index contributed by atoms with van der Waals surface area (Å²) in [6.07, 6.45) is 1.34. The van der Waals surface area contributed by atoms with E-state index in [2.05, 4.69) is 9.68 Å². The van der Waals surface area contributed by atoms with Gasteiger partial charge in [-0.25, -0.2) is 4.39 Å². The van der Waals surface area contributed by atoms with Crippen LogP contribution in [0, 0.1) is 5.82 Å². The number of rotatable bonds is 2. The molecule has 2 rings (SSSR count). The summed E-state index contributed by atoms with van der Waals surface area (Å²) in [6, 6.07) is 4.29. The van der Waals surface area contributed by atoms with Gasteiger partial charge in [0.05, 0.1) is 18.4 Å². The molecule has 0 unspecified atom stereocenters. The van der Waals surface area contributed by atoms with Crippen molar-refractivity contribution < 1.29 is 14.0 Å². The van der Waals surface area contributed by atoms with Crippen molar-refractivity contribution in [2.24, 2.45) is 0 Å². The van der Waals surface area contributed by atoms with Gasteiger partial charge in [-0.15, -0.1) is 0 Å². The molecule has 1 aromatic carbocycles. The predicted octanol–water partition coefficient (Wildman–Crippen LogP) is 1.56. The normalized spacial score (nSPS) is 10.5. The summed E-state index contributed by atoms with van der Waals surface area (Å²) < 4.78 is 18.1. The van der Waals surface area contributed by atoms with Gasteiger partial charge in [-0.1, -0.05) is 11.2 Å². The molecule has 3 N–H and O–H groups in total. The second kappa shape index (κ2) is 3.70. The second-order valence-electron chi connectivity index (χ2n) is 3.08. The lowest BCUT2D eigenvalue weighted by Crippen LogP contribution is -1.91. The fourth-order valence-corrected chi connectivity index (χ4v) is 1.33. The van der Waals surface area contributed by atoms with E-state index in [1.165, 1.54) is 24.4 Å². The third kappa shape index (κ3) is 1.69. The lowest BCUT2D eigenvalue weighted by molar-refractivity contribution is 0.282. The number of nitrogens with zero attached hydrogens (tertiary/aromatic N) is 1. The molecule has 0 saturated carbocycles. The molecule has 0 fully saturated rings. The summed E-state index contributed by atoms with van der Waals surface area (Å²) in [6.45, 7) is -0.154. The summed E-state index contributed by atoms with van der Waals surface area (Å²) >= 11 is 0. The maximum absolute atomic E-state index is 13.4. The van der Waals surface area contributed by atoms with Crippen LogP contribution in [-0.2, 0) is 6.61 Å². The molecule has 0 atom stereocenters. The first kappa shape index (κ1) is 9.67. The number of nitrogens with two attached hydrogens (primary N) is 1. The van der Waals surface area contributed by atoms with E-state index in [-0.39, 0.29) is 18.1 Å². The zero-order chi connectivity index (χ0) is 10.8. The first-order valence-corrected chi connectivity index (χ1v) is 4.32. The molecule has 1 aromatic heterocycles. The molecule has 0 saturated heterocycles. The second-order valence-corrected chi connectivity index (χ2v) is 3.08. The topological polar surface area (TPSA) is 72.3 Å². The van der Waals surface area contributed by atoms with Gasteiger partial charge >= 0.3 is 0 Å². The summed E-state index contributed by atoms with van der Waals surface area (Å²) in [4.78, 5) is 0. The van der Waals surface area contributed by atoms with E-state index in [1.807, 2.05) is 0 Å². The SMILES string of the molecule is Nc1oncc1-c1cc(CO)ccc1F. The number of anilines is 1. The molecule has 5 heteroatoms. The molecule has 1 heterocycles. The molecule has 0 aliphatic rings. The molecule has 0 amide bonds. The number of halogens is 1. The Labute approximate surface area is 85.1 Å². The number of hydrogen-bond acceptors (Lipinski definition) is 4. The molecule has 0 spiro atoms. The van der Waals surface area contributed by atoms with E-state index in [1.54, 1.807) is 0 Å². The number of hydrogen-bond donors (Lipinski definition) is 2. The largest absolute Gasteiger partial charge is 0.392 e. The quantitative estimate of drug-likeness (QED) is 0.785. The van der Waals surface area contributed by atoms with Gasteiger partial charge in [-0.2, -0.15) is 0 Å². The predicted molar refractivity (Wildman–Crippen MR) is 52.2 cm³/mol. The van der Waals surface area contributed by atoms with Crippen LogP contribution in [0.3, 0.4) is 0 Å². The Morgan fingerprint density at radius 3 is 2.80 bits per heavy atom. The number of nitrogen functional groups attached to an aromatic ring is 1. The van der Waals surface area contributed by atoms with E-state index < -0.39 is 5.82 Å². The van der Waals surface area contributed by atoms with Crippen LogP contribution in [0.1, 0.15) is 5.56 Å². The van der Waals surface area contributed by atoms with Crippen LogP contribution in [0.5, 0.6) is 0 Å². The molecule has 0 aliphatic carbocycles. The highest BCUT2D eigenvalue weighted by Gasteiger charge is 2.12. The van der Waals surface area contributed by atoms with E-state index in [4.69, 9.17) is 10.8 Å². The molecule has 0 bridgehead atoms. The minimum Gasteiger partial charge on any atom is -0.392 e. The van der Waals surface area contributed by atoms with E-state index in [9.17, 15) is 4.39 Å². The molecular weight excluding hydrogens is 199 g/mol. The Bertz CT molecular complexity index is 482. The van der Waals surface area contributed by atoms with Crippen molar-refractivity contribution >= 4 is 5.88 Å². The fraction of sp³-hybridized carbons (Fsp3) is 0.100. The van der Waals surface area contributed by atoms with Crippen molar-refractivity contribution in [3.8, 4) is 11.1 Å². The minimum absolute atomic E-state index is 0.0592. The maximum atomic E-state index is 13.4. The lowest BCUT2D eigenvalue weighted by Gasteiger charge is -2.02. The molecule has 78 valence electrons. The highest BCUT2D eigenvalue weighted by Crippen LogP contribution is 2.28. The van der Waals surface area contributed by atoms with Gasteiger partial charge in [0.2, 0.25) is 5.88 Å². The Morgan fingerprint density at radius 1 is 1.40 bits per heavy atom. The Morgan fingerprint density at radius 2 is 2.20 bits per heavy atom.